The molecule has 0 unspecified atom stereocenters. The van der Waals surface area contributed by atoms with Crippen LogP contribution in [0.2, 0.25) is 19.1 Å². The number of nitrogens with two attached hydrogens (primary N) is 1. The molecule has 0 saturated carbocycles. The zero-order valence-electron chi connectivity index (χ0n) is 10.5. The van der Waals surface area contributed by atoms with Crippen LogP contribution in [0.1, 0.15) is 51.4 Å². The smallest absolute Gasteiger partial charge is 0.150 e. The summed E-state index contributed by atoms with van der Waals surface area (Å²) < 4.78 is 0. The van der Waals surface area contributed by atoms with Crippen molar-refractivity contribution in [3.8, 4) is 0 Å². The van der Waals surface area contributed by atoms with E-state index in [4.69, 9.17) is 16.8 Å². The Hall–Kier alpha value is 0.467. The molecular formula is C12H28ClNSi. The molecule has 92 valence electrons. The number of halogens is 1. The highest BCUT2D eigenvalue weighted by Gasteiger charge is 2.15. The van der Waals surface area contributed by atoms with Gasteiger partial charge in [0.05, 0.1) is 0 Å². The van der Waals surface area contributed by atoms with Gasteiger partial charge in [-0.15, -0.1) is 0 Å². The lowest BCUT2D eigenvalue weighted by molar-refractivity contribution is 0.577. The Balaban J connectivity index is 2.99. The van der Waals surface area contributed by atoms with Crippen molar-refractivity contribution < 1.29 is 0 Å². The third kappa shape index (κ3) is 14.5. The minimum atomic E-state index is -1.28. The summed E-state index contributed by atoms with van der Waals surface area (Å²) in [7, 11) is -1.28. The molecule has 0 bridgehead atoms. The van der Waals surface area contributed by atoms with Gasteiger partial charge in [0.15, 0.2) is 0 Å². The summed E-state index contributed by atoms with van der Waals surface area (Å²) in [5.41, 5.74) is 5.44. The molecule has 0 aliphatic heterocycles. The van der Waals surface area contributed by atoms with Crippen molar-refractivity contribution in [3.05, 3.63) is 0 Å². The molecule has 0 spiro atoms. The summed E-state index contributed by atoms with van der Waals surface area (Å²) in [4.78, 5) is 0. The Kier molecular flexibility index (Phi) is 9.98. The highest BCUT2D eigenvalue weighted by atomic mass is 35.6. The summed E-state index contributed by atoms with van der Waals surface area (Å²) in [6.45, 7) is 5.33. The maximum Gasteiger partial charge on any atom is 0.150 e. The number of unbranched alkanes of at least 4 members (excludes halogenated alkanes) is 7. The van der Waals surface area contributed by atoms with Gasteiger partial charge >= 0.3 is 0 Å². The van der Waals surface area contributed by atoms with Gasteiger partial charge in [-0.05, 0) is 19.0 Å². The summed E-state index contributed by atoms with van der Waals surface area (Å²) >= 11 is 6.26. The standard InChI is InChI=1S/C12H28ClNSi/c1-15(2,13)12-10-8-6-4-3-5-7-9-11-14/h3-12,14H2,1-2H3. The largest absolute Gasteiger partial charge is 0.330 e. The van der Waals surface area contributed by atoms with Gasteiger partial charge in [-0.1, -0.05) is 58.0 Å². The van der Waals surface area contributed by atoms with Crippen LogP contribution in [0, 0.1) is 0 Å². The molecule has 2 N–H and O–H groups in total. The Morgan fingerprint density at radius 3 is 1.60 bits per heavy atom. The molecular weight excluding hydrogens is 222 g/mol. The molecule has 0 aromatic heterocycles. The second kappa shape index (κ2) is 9.68. The van der Waals surface area contributed by atoms with Gasteiger partial charge in [0.1, 0.15) is 7.38 Å². The molecule has 3 heteroatoms. The fourth-order valence-corrected chi connectivity index (χ4v) is 3.24. The first kappa shape index (κ1) is 15.5. The van der Waals surface area contributed by atoms with E-state index in [-0.39, 0.29) is 0 Å². The Morgan fingerprint density at radius 1 is 0.800 bits per heavy atom. The van der Waals surface area contributed by atoms with Crippen LogP contribution in [0.15, 0.2) is 0 Å². The van der Waals surface area contributed by atoms with Crippen LogP contribution < -0.4 is 5.73 Å². The predicted octanol–water partition coefficient (Wildman–Crippen LogP) is 4.51. The number of rotatable bonds is 10. The third-order valence-electron chi connectivity index (χ3n) is 2.73. The van der Waals surface area contributed by atoms with Crippen molar-refractivity contribution >= 4 is 18.5 Å². The van der Waals surface area contributed by atoms with Crippen molar-refractivity contribution in [2.24, 2.45) is 5.73 Å². The fourth-order valence-electron chi connectivity index (χ4n) is 1.75. The van der Waals surface area contributed by atoms with Crippen molar-refractivity contribution in [1.29, 1.82) is 0 Å². The minimum Gasteiger partial charge on any atom is -0.330 e. The predicted molar refractivity (Wildman–Crippen MR) is 74.1 cm³/mol. The maximum absolute atomic E-state index is 6.26. The average Bonchev–Trinajstić information content (AvgIpc) is 2.14. The molecule has 1 nitrogen and oxygen atoms in total. The second-order valence-electron chi connectivity index (χ2n) is 5.09. The lowest BCUT2D eigenvalue weighted by atomic mass is 10.1. The van der Waals surface area contributed by atoms with Crippen LogP contribution in [0.4, 0.5) is 0 Å². The zero-order chi connectivity index (χ0) is 11.6. The van der Waals surface area contributed by atoms with Crippen LogP contribution in [0.3, 0.4) is 0 Å². The van der Waals surface area contributed by atoms with Crippen LogP contribution in [0.5, 0.6) is 0 Å². The molecule has 0 fully saturated rings. The summed E-state index contributed by atoms with van der Waals surface area (Å²) in [5.74, 6) is 0. The monoisotopic (exact) mass is 249 g/mol. The van der Waals surface area contributed by atoms with E-state index in [1.54, 1.807) is 0 Å². The van der Waals surface area contributed by atoms with Crippen LogP contribution in [0.25, 0.3) is 0 Å². The average molecular weight is 250 g/mol. The van der Waals surface area contributed by atoms with Gasteiger partial charge in [-0.3, -0.25) is 0 Å². The third-order valence-corrected chi connectivity index (χ3v) is 4.83. The molecule has 0 aromatic rings. The molecule has 0 amide bonds. The number of hydrogen-bond donors (Lipinski definition) is 1. The van der Waals surface area contributed by atoms with Crippen LogP contribution >= 0.6 is 11.1 Å². The molecule has 0 heterocycles. The molecule has 0 radical (unpaired) electrons. The van der Waals surface area contributed by atoms with Gasteiger partial charge in [0.25, 0.3) is 0 Å². The Labute approximate surface area is 101 Å². The topological polar surface area (TPSA) is 26.0 Å². The van der Waals surface area contributed by atoms with Crippen molar-refractivity contribution in [2.75, 3.05) is 6.54 Å². The molecule has 0 aliphatic carbocycles. The van der Waals surface area contributed by atoms with E-state index in [2.05, 4.69) is 13.1 Å². The Morgan fingerprint density at radius 2 is 1.20 bits per heavy atom. The first-order valence-corrected chi connectivity index (χ1v) is 10.7. The summed E-state index contributed by atoms with van der Waals surface area (Å²) in [6, 6.07) is 1.28. The van der Waals surface area contributed by atoms with E-state index in [1.165, 1.54) is 57.4 Å². The SMILES string of the molecule is C[Si](C)(Cl)CCCCCCCCCCN. The van der Waals surface area contributed by atoms with Crippen LogP contribution in [-0.4, -0.2) is 13.9 Å². The fraction of sp³-hybridized carbons (Fsp3) is 1.00. The molecule has 0 aliphatic rings. The van der Waals surface area contributed by atoms with Crippen molar-refractivity contribution in [1.82, 2.24) is 0 Å². The first-order valence-electron chi connectivity index (χ1n) is 6.45. The molecule has 15 heavy (non-hydrogen) atoms. The van der Waals surface area contributed by atoms with Crippen molar-refractivity contribution in [3.63, 3.8) is 0 Å². The van der Waals surface area contributed by atoms with E-state index in [1.807, 2.05) is 0 Å². The van der Waals surface area contributed by atoms with E-state index in [0.29, 0.717) is 0 Å². The lowest BCUT2D eigenvalue weighted by Crippen LogP contribution is -2.14. The van der Waals surface area contributed by atoms with Gasteiger partial charge in [0.2, 0.25) is 0 Å². The van der Waals surface area contributed by atoms with E-state index in [9.17, 15) is 0 Å². The van der Waals surface area contributed by atoms with E-state index in [0.717, 1.165) is 6.54 Å². The molecule has 0 rings (SSSR count). The molecule has 0 aromatic carbocycles. The molecule has 0 saturated heterocycles. The highest BCUT2D eigenvalue weighted by Crippen LogP contribution is 2.19. The maximum atomic E-state index is 6.26. The van der Waals surface area contributed by atoms with Crippen molar-refractivity contribution in [2.45, 2.75) is 70.5 Å². The zero-order valence-corrected chi connectivity index (χ0v) is 12.3. The minimum absolute atomic E-state index is 0.857. The first-order chi connectivity index (χ1) is 7.06. The summed E-state index contributed by atoms with van der Waals surface area (Å²) in [6.07, 6.45) is 10.8. The van der Waals surface area contributed by atoms with E-state index >= 15 is 0 Å². The number of hydrogen-bond acceptors (Lipinski definition) is 1. The normalized spacial score (nSPS) is 12.0. The van der Waals surface area contributed by atoms with E-state index < -0.39 is 7.38 Å². The van der Waals surface area contributed by atoms with Gasteiger partial charge in [0, 0.05) is 0 Å². The van der Waals surface area contributed by atoms with Gasteiger partial charge < -0.3 is 5.73 Å². The van der Waals surface area contributed by atoms with Gasteiger partial charge in [-0.2, -0.15) is 11.1 Å². The molecule has 0 atom stereocenters. The lowest BCUT2D eigenvalue weighted by Gasteiger charge is -2.11. The quantitative estimate of drug-likeness (QED) is 0.344. The van der Waals surface area contributed by atoms with Crippen LogP contribution in [-0.2, 0) is 0 Å². The Bertz CT molecular complexity index is 134. The van der Waals surface area contributed by atoms with Gasteiger partial charge in [-0.25, -0.2) is 0 Å². The second-order valence-corrected chi connectivity index (χ2v) is 12.1. The summed E-state index contributed by atoms with van der Waals surface area (Å²) in [5, 5.41) is 0. The highest BCUT2D eigenvalue weighted by molar-refractivity contribution is 7.19.